The summed E-state index contributed by atoms with van der Waals surface area (Å²) in [7, 11) is 0. The predicted octanol–water partition coefficient (Wildman–Crippen LogP) is 2.68. The Morgan fingerprint density at radius 1 is 1.41 bits per heavy atom. The van der Waals surface area contributed by atoms with E-state index >= 15 is 0 Å². The van der Waals surface area contributed by atoms with E-state index in [4.69, 9.17) is 4.74 Å². The number of rotatable bonds is 1. The number of alkyl carbamates (subject to hydrolysis) is 1. The minimum absolute atomic E-state index is 0.0129. The van der Waals surface area contributed by atoms with Gasteiger partial charge in [0.1, 0.15) is 5.60 Å². The number of amides is 1. The van der Waals surface area contributed by atoms with Crippen molar-refractivity contribution < 1.29 is 9.53 Å². The Morgan fingerprint density at radius 2 is 2.12 bits per heavy atom. The Labute approximate surface area is 101 Å². The van der Waals surface area contributed by atoms with E-state index in [-0.39, 0.29) is 12.1 Å². The lowest BCUT2D eigenvalue weighted by atomic mass is 10.1. The van der Waals surface area contributed by atoms with Crippen LogP contribution < -0.4 is 10.6 Å². The van der Waals surface area contributed by atoms with Crippen molar-refractivity contribution in [3.05, 3.63) is 29.8 Å². The fourth-order valence-corrected chi connectivity index (χ4v) is 1.86. The molecule has 0 unspecified atom stereocenters. The maximum absolute atomic E-state index is 11.7. The molecule has 1 aliphatic rings. The normalized spacial score (nSPS) is 18.2. The molecule has 1 aromatic rings. The van der Waals surface area contributed by atoms with Crippen LogP contribution in [-0.4, -0.2) is 18.2 Å². The van der Waals surface area contributed by atoms with Gasteiger partial charge in [0.15, 0.2) is 0 Å². The van der Waals surface area contributed by atoms with Crippen LogP contribution in [0.5, 0.6) is 0 Å². The third kappa shape index (κ3) is 2.90. The smallest absolute Gasteiger partial charge is 0.408 e. The molecule has 1 amide bonds. The highest BCUT2D eigenvalue weighted by molar-refractivity contribution is 5.70. The standard InChI is InChI=1S/C13H18N2O2/c1-13(2,3)17-12(16)15-11-8-14-10-7-5-4-6-9(10)11/h4-7,11,14H,8H2,1-3H3,(H,15,16)/t11-/m0/s1. The largest absolute Gasteiger partial charge is 0.444 e. The van der Waals surface area contributed by atoms with Crippen LogP contribution in [0.2, 0.25) is 0 Å². The Hall–Kier alpha value is -1.71. The first-order chi connectivity index (χ1) is 7.96. The van der Waals surface area contributed by atoms with E-state index in [0.29, 0.717) is 6.54 Å². The summed E-state index contributed by atoms with van der Waals surface area (Å²) in [6.07, 6.45) is -0.374. The zero-order valence-corrected chi connectivity index (χ0v) is 10.4. The van der Waals surface area contributed by atoms with E-state index in [1.54, 1.807) is 0 Å². The van der Waals surface area contributed by atoms with Gasteiger partial charge in [-0.2, -0.15) is 0 Å². The molecule has 1 aromatic carbocycles. The van der Waals surface area contributed by atoms with Crippen molar-refractivity contribution in [2.75, 3.05) is 11.9 Å². The van der Waals surface area contributed by atoms with Gasteiger partial charge in [0.05, 0.1) is 6.04 Å². The number of benzene rings is 1. The summed E-state index contributed by atoms with van der Waals surface area (Å²) in [5, 5.41) is 6.12. The van der Waals surface area contributed by atoms with Gasteiger partial charge in [-0.3, -0.25) is 0 Å². The molecule has 1 aliphatic heterocycles. The fraction of sp³-hybridized carbons (Fsp3) is 0.462. The predicted molar refractivity (Wildman–Crippen MR) is 67.0 cm³/mol. The number of carbonyl (C=O) groups is 1. The molecule has 4 heteroatoms. The number of nitrogens with one attached hydrogen (secondary N) is 2. The number of para-hydroxylation sites is 1. The van der Waals surface area contributed by atoms with Crippen LogP contribution in [0, 0.1) is 0 Å². The zero-order chi connectivity index (χ0) is 12.5. The van der Waals surface area contributed by atoms with Gasteiger partial charge in [-0.1, -0.05) is 18.2 Å². The average molecular weight is 234 g/mol. The first-order valence-corrected chi connectivity index (χ1v) is 5.78. The van der Waals surface area contributed by atoms with Crippen LogP contribution in [0.15, 0.2) is 24.3 Å². The first-order valence-electron chi connectivity index (χ1n) is 5.78. The highest BCUT2D eigenvalue weighted by Crippen LogP contribution is 2.29. The highest BCUT2D eigenvalue weighted by atomic mass is 16.6. The van der Waals surface area contributed by atoms with Crippen LogP contribution in [0.1, 0.15) is 32.4 Å². The Kier molecular flexibility index (Phi) is 2.96. The molecule has 4 nitrogen and oxygen atoms in total. The molecular formula is C13H18N2O2. The lowest BCUT2D eigenvalue weighted by Crippen LogP contribution is -2.35. The molecule has 2 N–H and O–H groups in total. The number of anilines is 1. The lowest BCUT2D eigenvalue weighted by Gasteiger charge is -2.21. The quantitative estimate of drug-likeness (QED) is 0.785. The van der Waals surface area contributed by atoms with Gasteiger partial charge >= 0.3 is 6.09 Å². The second-order valence-corrected chi connectivity index (χ2v) is 5.17. The second kappa shape index (κ2) is 4.28. The molecule has 0 saturated carbocycles. The summed E-state index contributed by atoms with van der Waals surface area (Å²) >= 11 is 0. The molecule has 0 aliphatic carbocycles. The number of carbonyl (C=O) groups excluding carboxylic acids is 1. The summed E-state index contributed by atoms with van der Waals surface area (Å²) in [4.78, 5) is 11.7. The molecule has 0 saturated heterocycles. The van der Waals surface area contributed by atoms with Gasteiger partial charge < -0.3 is 15.4 Å². The molecule has 0 bridgehead atoms. The molecule has 0 spiro atoms. The Morgan fingerprint density at radius 3 is 2.82 bits per heavy atom. The van der Waals surface area contributed by atoms with Gasteiger partial charge in [0.2, 0.25) is 0 Å². The maximum atomic E-state index is 11.7. The van der Waals surface area contributed by atoms with Crippen molar-refractivity contribution in [1.82, 2.24) is 5.32 Å². The average Bonchev–Trinajstić information content (AvgIpc) is 2.59. The van der Waals surface area contributed by atoms with E-state index in [9.17, 15) is 4.79 Å². The number of hydrogen-bond acceptors (Lipinski definition) is 3. The fourth-order valence-electron chi connectivity index (χ4n) is 1.86. The third-order valence-corrected chi connectivity index (χ3v) is 2.52. The van der Waals surface area contributed by atoms with E-state index in [2.05, 4.69) is 10.6 Å². The lowest BCUT2D eigenvalue weighted by molar-refractivity contribution is 0.0508. The summed E-state index contributed by atoms with van der Waals surface area (Å²) in [5.41, 5.74) is 1.72. The van der Waals surface area contributed by atoms with Crippen LogP contribution in [0.3, 0.4) is 0 Å². The Balaban J connectivity index is 2.00. The third-order valence-electron chi connectivity index (χ3n) is 2.52. The molecule has 0 radical (unpaired) electrons. The molecule has 92 valence electrons. The molecule has 0 aromatic heterocycles. The van der Waals surface area contributed by atoms with Crippen molar-refractivity contribution in [2.24, 2.45) is 0 Å². The molecule has 17 heavy (non-hydrogen) atoms. The van der Waals surface area contributed by atoms with Crippen molar-refractivity contribution in [3.63, 3.8) is 0 Å². The van der Waals surface area contributed by atoms with Gasteiger partial charge in [-0.15, -0.1) is 0 Å². The maximum Gasteiger partial charge on any atom is 0.408 e. The van der Waals surface area contributed by atoms with Gasteiger partial charge in [0.25, 0.3) is 0 Å². The van der Waals surface area contributed by atoms with Crippen LogP contribution in [0.4, 0.5) is 10.5 Å². The summed E-state index contributed by atoms with van der Waals surface area (Å²) < 4.78 is 5.24. The SMILES string of the molecule is CC(C)(C)OC(=O)N[C@H]1CNc2ccccc21. The van der Waals surface area contributed by atoms with Crippen LogP contribution in [-0.2, 0) is 4.74 Å². The van der Waals surface area contributed by atoms with E-state index in [0.717, 1.165) is 11.3 Å². The second-order valence-electron chi connectivity index (χ2n) is 5.17. The highest BCUT2D eigenvalue weighted by Gasteiger charge is 2.25. The minimum Gasteiger partial charge on any atom is -0.444 e. The van der Waals surface area contributed by atoms with Crippen molar-refractivity contribution in [3.8, 4) is 0 Å². The van der Waals surface area contributed by atoms with Gasteiger partial charge in [-0.25, -0.2) is 4.79 Å². The van der Waals surface area contributed by atoms with E-state index in [1.165, 1.54) is 0 Å². The molecular weight excluding hydrogens is 216 g/mol. The van der Waals surface area contributed by atoms with Crippen LogP contribution in [0.25, 0.3) is 0 Å². The molecule has 0 fully saturated rings. The minimum atomic E-state index is -0.463. The Bertz CT molecular complexity index is 424. The van der Waals surface area contributed by atoms with Crippen molar-refractivity contribution in [1.29, 1.82) is 0 Å². The van der Waals surface area contributed by atoms with E-state index < -0.39 is 5.60 Å². The monoisotopic (exact) mass is 234 g/mol. The molecule has 1 heterocycles. The van der Waals surface area contributed by atoms with Crippen LogP contribution >= 0.6 is 0 Å². The summed E-state index contributed by atoms with van der Waals surface area (Å²) in [6.45, 7) is 6.27. The topological polar surface area (TPSA) is 50.4 Å². The zero-order valence-electron chi connectivity index (χ0n) is 10.4. The first kappa shape index (κ1) is 11.8. The summed E-state index contributed by atoms with van der Waals surface area (Å²) in [5.74, 6) is 0. The number of fused-ring (bicyclic) bond motifs is 1. The van der Waals surface area contributed by atoms with Gasteiger partial charge in [-0.05, 0) is 32.4 Å². The number of hydrogen-bond donors (Lipinski definition) is 2. The van der Waals surface area contributed by atoms with Crippen molar-refractivity contribution in [2.45, 2.75) is 32.4 Å². The molecule has 2 rings (SSSR count). The van der Waals surface area contributed by atoms with E-state index in [1.807, 2.05) is 45.0 Å². The molecule has 1 atom stereocenters. The number of ether oxygens (including phenoxy) is 1. The van der Waals surface area contributed by atoms with Gasteiger partial charge in [0, 0.05) is 12.2 Å². The summed E-state index contributed by atoms with van der Waals surface area (Å²) in [6, 6.07) is 7.95. The van der Waals surface area contributed by atoms with Crippen molar-refractivity contribution >= 4 is 11.8 Å².